The van der Waals surface area contributed by atoms with Crippen LogP contribution in [0.15, 0.2) is 4.52 Å². The lowest BCUT2D eigenvalue weighted by Crippen LogP contribution is -2.37. The van der Waals surface area contributed by atoms with Crippen molar-refractivity contribution in [2.24, 2.45) is 11.1 Å². The van der Waals surface area contributed by atoms with Gasteiger partial charge in [-0.05, 0) is 12.3 Å². The SMILES string of the molecule is CCOCCc1noc(CC(N)C(C)(C)C)n1. The van der Waals surface area contributed by atoms with Crippen LogP contribution in [0.2, 0.25) is 0 Å². The van der Waals surface area contributed by atoms with Crippen molar-refractivity contribution >= 4 is 0 Å². The first-order valence-corrected chi connectivity index (χ1v) is 6.08. The number of hydrogen-bond donors (Lipinski definition) is 1. The molecule has 0 fully saturated rings. The van der Waals surface area contributed by atoms with Crippen LogP contribution in [-0.2, 0) is 17.6 Å². The molecule has 0 aliphatic heterocycles. The average molecular weight is 241 g/mol. The van der Waals surface area contributed by atoms with E-state index in [1.54, 1.807) is 0 Å². The molecule has 2 N–H and O–H groups in total. The second-order valence-electron chi connectivity index (χ2n) is 5.23. The van der Waals surface area contributed by atoms with Crippen molar-refractivity contribution in [2.75, 3.05) is 13.2 Å². The van der Waals surface area contributed by atoms with Gasteiger partial charge in [0, 0.05) is 25.5 Å². The zero-order valence-electron chi connectivity index (χ0n) is 11.2. The molecular weight excluding hydrogens is 218 g/mol. The smallest absolute Gasteiger partial charge is 0.228 e. The van der Waals surface area contributed by atoms with Crippen molar-refractivity contribution in [1.82, 2.24) is 10.1 Å². The fraction of sp³-hybridized carbons (Fsp3) is 0.833. The first-order valence-electron chi connectivity index (χ1n) is 6.08. The first kappa shape index (κ1) is 14.1. The average Bonchev–Trinajstić information content (AvgIpc) is 2.65. The zero-order chi connectivity index (χ0) is 12.9. The Morgan fingerprint density at radius 2 is 2.12 bits per heavy atom. The molecule has 5 heteroatoms. The van der Waals surface area contributed by atoms with Crippen molar-refractivity contribution in [2.45, 2.75) is 46.6 Å². The lowest BCUT2D eigenvalue weighted by Gasteiger charge is -2.25. The van der Waals surface area contributed by atoms with Gasteiger partial charge in [0.05, 0.1) is 6.61 Å². The van der Waals surface area contributed by atoms with E-state index in [1.165, 1.54) is 0 Å². The van der Waals surface area contributed by atoms with Crippen molar-refractivity contribution in [1.29, 1.82) is 0 Å². The molecule has 0 aliphatic carbocycles. The number of hydrogen-bond acceptors (Lipinski definition) is 5. The molecule has 0 aliphatic rings. The maximum Gasteiger partial charge on any atom is 0.228 e. The van der Waals surface area contributed by atoms with Gasteiger partial charge in [0.2, 0.25) is 5.89 Å². The van der Waals surface area contributed by atoms with Gasteiger partial charge < -0.3 is 15.0 Å². The highest BCUT2D eigenvalue weighted by Gasteiger charge is 2.23. The van der Waals surface area contributed by atoms with Crippen molar-refractivity contribution < 1.29 is 9.26 Å². The predicted molar refractivity (Wildman–Crippen MR) is 65.6 cm³/mol. The van der Waals surface area contributed by atoms with E-state index in [2.05, 4.69) is 30.9 Å². The van der Waals surface area contributed by atoms with Crippen molar-refractivity contribution in [3.05, 3.63) is 11.7 Å². The Kier molecular flexibility index (Phi) is 5.08. The summed E-state index contributed by atoms with van der Waals surface area (Å²) in [5.74, 6) is 1.30. The molecule has 0 bridgehead atoms. The van der Waals surface area contributed by atoms with E-state index < -0.39 is 0 Å². The van der Waals surface area contributed by atoms with Crippen LogP contribution in [-0.4, -0.2) is 29.4 Å². The quantitative estimate of drug-likeness (QED) is 0.765. The molecule has 17 heavy (non-hydrogen) atoms. The lowest BCUT2D eigenvalue weighted by molar-refractivity contribution is 0.149. The molecule has 0 spiro atoms. The van der Waals surface area contributed by atoms with Crippen molar-refractivity contribution in [3.63, 3.8) is 0 Å². The van der Waals surface area contributed by atoms with Gasteiger partial charge >= 0.3 is 0 Å². The second-order valence-corrected chi connectivity index (χ2v) is 5.23. The highest BCUT2D eigenvalue weighted by Crippen LogP contribution is 2.20. The molecule has 0 saturated heterocycles. The van der Waals surface area contributed by atoms with Gasteiger partial charge in [-0.15, -0.1) is 0 Å². The third kappa shape index (κ3) is 4.83. The van der Waals surface area contributed by atoms with E-state index in [9.17, 15) is 0 Å². The predicted octanol–water partition coefficient (Wildman–Crippen LogP) is 1.56. The van der Waals surface area contributed by atoms with E-state index >= 15 is 0 Å². The summed E-state index contributed by atoms with van der Waals surface area (Å²) in [5.41, 5.74) is 6.10. The molecule has 5 nitrogen and oxygen atoms in total. The van der Waals surface area contributed by atoms with Crippen LogP contribution in [0.3, 0.4) is 0 Å². The van der Waals surface area contributed by atoms with Gasteiger partial charge in [0.25, 0.3) is 0 Å². The Balaban J connectivity index is 2.45. The number of nitrogens with two attached hydrogens (primary N) is 1. The molecule has 0 aromatic carbocycles. The topological polar surface area (TPSA) is 74.2 Å². The van der Waals surface area contributed by atoms with E-state index in [4.69, 9.17) is 15.0 Å². The van der Waals surface area contributed by atoms with E-state index in [0.717, 1.165) is 0 Å². The molecule has 1 aromatic heterocycles. The molecule has 1 atom stereocenters. The monoisotopic (exact) mass is 241 g/mol. The third-order valence-corrected chi connectivity index (χ3v) is 2.69. The molecular formula is C12H23N3O2. The van der Waals surface area contributed by atoms with Crippen LogP contribution in [0.4, 0.5) is 0 Å². The van der Waals surface area contributed by atoms with Gasteiger partial charge in [-0.2, -0.15) is 4.98 Å². The van der Waals surface area contributed by atoms with Crippen LogP contribution in [0.25, 0.3) is 0 Å². The number of nitrogens with zero attached hydrogens (tertiary/aromatic N) is 2. The van der Waals surface area contributed by atoms with Crippen LogP contribution in [0, 0.1) is 5.41 Å². The van der Waals surface area contributed by atoms with Crippen LogP contribution in [0.5, 0.6) is 0 Å². The minimum absolute atomic E-state index is 0.0164. The Morgan fingerprint density at radius 3 is 2.71 bits per heavy atom. The minimum atomic E-state index is 0.0164. The summed E-state index contributed by atoms with van der Waals surface area (Å²) in [7, 11) is 0. The summed E-state index contributed by atoms with van der Waals surface area (Å²) in [6.45, 7) is 9.60. The van der Waals surface area contributed by atoms with E-state index in [1.807, 2.05) is 6.92 Å². The number of rotatable bonds is 6. The van der Waals surface area contributed by atoms with Gasteiger partial charge in [-0.25, -0.2) is 0 Å². The van der Waals surface area contributed by atoms with Gasteiger partial charge in [-0.1, -0.05) is 25.9 Å². The Bertz CT molecular complexity index is 331. The lowest BCUT2D eigenvalue weighted by atomic mass is 9.85. The minimum Gasteiger partial charge on any atom is -0.381 e. The Hall–Kier alpha value is -0.940. The maximum atomic E-state index is 6.06. The highest BCUT2D eigenvalue weighted by atomic mass is 16.5. The van der Waals surface area contributed by atoms with Gasteiger partial charge in [0.1, 0.15) is 0 Å². The fourth-order valence-corrected chi connectivity index (χ4v) is 1.28. The van der Waals surface area contributed by atoms with Crippen LogP contribution >= 0.6 is 0 Å². The number of aromatic nitrogens is 2. The summed E-state index contributed by atoms with van der Waals surface area (Å²) in [4.78, 5) is 4.30. The zero-order valence-corrected chi connectivity index (χ0v) is 11.2. The molecule has 1 rings (SSSR count). The van der Waals surface area contributed by atoms with Crippen LogP contribution in [0.1, 0.15) is 39.4 Å². The molecule has 0 radical (unpaired) electrons. The summed E-state index contributed by atoms with van der Waals surface area (Å²) >= 11 is 0. The summed E-state index contributed by atoms with van der Waals surface area (Å²) in [5, 5.41) is 3.90. The fourth-order valence-electron chi connectivity index (χ4n) is 1.28. The summed E-state index contributed by atoms with van der Waals surface area (Å²) in [6.07, 6.45) is 1.30. The molecule has 98 valence electrons. The third-order valence-electron chi connectivity index (χ3n) is 2.69. The molecule has 1 heterocycles. The highest BCUT2D eigenvalue weighted by molar-refractivity contribution is 4.92. The molecule has 0 amide bonds. The van der Waals surface area contributed by atoms with E-state index in [-0.39, 0.29) is 11.5 Å². The normalized spacial score (nSPS) is 13.9. The molecule has 0 saturated carbocycles. The van der Waals surface area contributed by atoms with Crippen molar-refractivity contribution in [3.8, 4) is 0 Å². The first-order chi connectivity index (χ1) is 7.93. The largest absolute Gasteiger partial charge is 0.381 e. The van der Waals surface area contributed by atoms with Crippen LogP contribution < -0.4 is 5.73 Å². The summed E-state index contributed by atoms with van der Waals surface area (Å²) in [6, 6.07) is 0.0164. The standard InChI is InChI=1S/C12H23N3O2/c1-5-16-7-6-10-14-11(17-15-10)8-9(13)12(2,3)4/h9H,5-8,13H2,1-4H3. The molecule has 1 aromatic rings. The van der Waals surface area contributed by atoms with Gasteiger partial charge in [0.15, 0.2) is 5.82 Å². The Labute approximate surface area is 103 Å². The summed E-state index contributed by atoms with van der Waals surface area (Å²) < 4.78 is 10.4. The number of ether oxygens (including phenoxy) is 1. The Morgan fingerprint density at radius 1 is 1.41 bits per heavy atom. The van der Waals surface area contributed by atoms with Gasteiger partial charge in [-0.3, -0.25) is 0 Å². The second kappa shape index (κ2) is 6.12. The molecule has 1 unspecified atom stereocenters. The van der Waals surface area contributed by atoms with E-state index in [0.29, 0.717) is 37.8 Å². The maximum absolute atomic E-state index is 6.06.